The number of benzene rings is 1. The summed E-state index contributed by atoms with van der Waals surface area (Å²) in [5.41, 5.74) is -0.208. The Kier molecular flexibility index (Phi) is 6.29. The number of hydrazone groups is 1. The van der Waals surface area contributed by atoms with Gasteiger partial charge in [0.25, 0.3) is 5.16 Å². The minimum Gasteiger partial charge on any atom is -0.451 e. The maximum atomic E-state index is 13.2. The second kappa shape index (κ2) is 8.18. The van der Waals surface area contributed by atoms with Crippen LogP contribution in [0, 0.1) is 11.6 Å². The highest BCUT2D eigenvalue weighted by atomic mass is 32.2. The molecule has 1 amide bonds. The number of halogens is 2. The fourth-order valence-electron chi connectivity index (χ4n) is 1.76. The molecule has 0 radical (unpaired) electrons. The van der Waals surface area contributed by atoms with Crippen molar-refractivity contribution in [1.29, 1.82) is 0 Å². The van der Waals surface area contributed by atoms with Crippen LogP contribution in [0.15, 0.2) is 34.8 Å². The lowest BCUT2D eigenvalue weighted by atomic mass is 10.2. The van der Waals surface area contributed by atoms with Crippen molar-refractivity contribution in [2.75, 3.05) is 21.2 Å². The number of aromatic nitrogens is 3. The molecule has 1 aromatic heterocycles. The van der Waals surface area contributed by atoms with Gasteiger partial charge in [-0.1, -0.05) is 4.41 Å². The largest absolute Gasteiger partial charge is 0.451 e. The monoisotopic (exact) mass is 452 g/mol. The second-order valence-electron chi connectivity index (χ2n) is 5.36. The van der Waals surface area contributed by atoms with Crippen LogP contribution in [-0.2, 0) is 25.0 Å². The second-order valence-corrected chi connectivity index (χ2v) is 9.02. The molecule has 16 heteroatoms. The summed E-state index contributed by atoms with van der Waals surface area (Å²) in [6, 6.07) is 2.23. The van der Waals surface area contributed by atoms with E-state index in [1.165, 1.54) is 14.1 Å². The number of hydrogen-bond acceptors (Lipinski definition) is 9. The number of amides is 1. The van der Waals surface area contributed by atoms with Gasteiger partial charge in [0, 0.05) is 25.7 Å². The third kappa shape index (κ3) is 4.72. The molecule has 2 aromatic rings. The molecule has 0 atom stereocenters. The van der Waals surface area contributed by atoms with Crippen LogP contribution in [0.2, 0.25) is 0 Å². The van der Waals surface area contributed by atoms with E-state index in [1.54, 1.807) is 0 Å². The first-order valence-electron chi connectivity index (χ1n) is 7.37. The smallest absolute Gasteiger partial charge is 0.445 e. The van der Waals surface area contributed by atoms with Gasteiger partial charge in [0.05, 0.1) is 13.3 Å². The number of sulfonamides is 1. The fraction of sp³-hybridized carbons (Fsp3) is 0.231. The van der Waals surface area contributed by atoms with E-state index in [9.17, 15) is 30.4 Å². The summed E-state index contributed by atoms with van der Waals surface area (Å²) in [6.07, 6.45) is -0.234. The third-order valence-electron chi connectivity index (χ3n) is 3.13. The zero-order valence-electron chi connectivity index (χ0n) is 15.1. The van der Waals surface area contributed by atoms with Gasteiger partial charge in [-0.2, -0.15) is 26.2 Å². The summed E-state index contributed by atoms with van der Waals surface area (Å²) in [7, 11) is -5.90. The van der Waals surface area contributed by atoms with E-state index in [2.05, 4.69) is 19.9 Å². The van der Waals surface area contributed by atoms with Gasteiger partial charge in [-0.15, -0.1) is 9.19 Å². The molecule has 0 saturated carbocycles. The van der Waals surface area contributed by atoms with E-state index >= 15 is 0 Å². The van der Waals surface area contributed by atoms with Crippen molar-refractivity contribution in [3.8, 4) is 0 Å². The Bertz CT molecular complexity index is 1140. The first kappa shape index (κ1) is 22.3. The molecule has 12 nitrogen and oxygen atoms in total. The first-order chi connectivity index (χ1) is 13.4. The molecule has 1 aromatic carbocycles. The molecule has 2 rings (SSSR count). The lowest BCUT2D eigenvalue weighted by Crippen LogP contribution is -2.34. The average molecular weight is 452 g/mol. The van der Waals surface area contributed by atoms with E-state index < -0.39 is 43.1 Å². The summed E-state index contributed by atoms with van der Waals surface area (Å²) in [5, 5.41) is 5.62. The predicted molar refractivity (Wildman–Crippen MR) is 93.4 cm³/mol. The summed E-state index contributed by atoms with van der Waals surface area (Å²) in [5.74, 6) is -1.93. The van der Waals surface area contributed by atoms with Crippen molar-refractivity contribution in [2.24, 2.45) is 5.10 Å². The molecule has 0 spiro atoms. The molecular formula is C13H14F2N6O6S2. The van der Waals surface area contributed by atoms with Crippen molar-refractivity contribution in [2.45, 2.75) is 5.16 Å². The van der Waals surface area contributed by atoms with E-state index in [4.69, 9.17) is 0 Å². The normalized spacial score (nSPS) is 12.5. The Morgan fingerprint density at radius 3 is 2.28 bits per heavy atom. The van der Waals surface area contributed by atoms with Crippen molar-refractivity contribution in [1.82, 2.24) is 22.9 Å². The number of hydrogen-bond donors (Lipinski definition) is 0. The van der Waals surface area contributed by atoms with Crippen molar-refractivity contribution < 1.29 is 35.1 Å². The van der Waals surface area contributed by atoms with Gasteiger partial charge in [-0.05, 0) is 12.1 Å². The number of ether oxygens (including phenoxy) is 1. The van der Waals surface area contributed by atoms with Crippen LogP contribution in [0.1, 0.15) is 5.56 Å². The first-order valence-corrected chi connectivity index (χ1v) is 10.2. The maximum Gasteiger partial charge on any atom is 0.445 e. The van der Waals surface area contributed by atoms with Gasteiger partial charge in [-0.3, -0.25) is 0 Å². The molecule has 29 heavy (non-hydrogen) atoms. The quantitative estimate of drug-likeness (QED) is 0.440. The third-order valence-corrected chi connectivity index (χ3v) is 6.05. The number of rotatable bonds is 6. The zero-order valence-corrected chi connectivity index (χ0v) is 16.7. The zero-order chi connectivity index (χ0) is 22.0. The molecular weight excluding hydrogens is 438 g/mol. The van der Waals surface area contributed by atoms with Gasteiger partial charge in [0.2, 0.25) is 0 Å². The van der Waals surface area contributed by atoms with Gasteiger partial charge < -0.3 is 4.74 Å². The van der Waals surface area contributed by atoms with E-state index in [1.807, 2.05) is 0 Å². The molecule has 0 fully saturated rings. The molecule has 1 heterocycles. The Morgan fingerprint density at radius 2 is 1.76 bits per heavy atom. The highest BCUT2D eigenvalue weighted by molar-refractivity contribution is 7.89. The van der Waals surface area contributed by atoms with Crippen molar-refractivity contribution in [3.63, 3.8) is 0 Å². The fourth-order valence-corrected chi connectivity index (χ4v) is 3.46. The van der Waals surface area contributed by atoms with Crippen molar-refractivity contribution >= 4 is 32.5 Å². The number of carbonyl (C=O) groups is 1. The molecule has 0 unspecified atom stereocenters. The highest BCUT2D eigenvalue weighted by Crippen LogP contribution is 2.15. The van der Waals surface area contributed by atoms with Gasteiger partial charge in [0.1, 0.15) is 18.0 Å². The molecule has 0 N–H and O–H groups in total. The van der Waals surface area contributed by atoms with Crippen LogP contribution in [0.5, 0.6) is 0 Å². The Hall–Kier alpha value is -2.98. The molecule has 158 valence electrons. The van der Waals surface area contributed by atoms with Crippen LogP contribution in [0.25, 0.3) is 0 Å². The van der Waals surface area contributed by atoms with Gasteiger partial charge >= 0.3 is 26.3 Å². The van der Waals surface area contributed by atoms with Crippen LogP contribution < -0.4 is 0 Å². The highest BCUT2D eigenvalue weighted by Gasteiger charge is 2.35. The minimum absolute atomic E-state index is 0.197. The van der Waals surface area contributed by atoms with E-state index in [0.717, 1.165) is 23.5 Å². The van der Waals surface area contributed by atoms with E-state index in [0.29, 0.717) is 18.6 Å². The molecule has 0 bridgehead atoms. The number of nitrogens with zero attached hydrogens (tertiary/aromatic N) is 6. The summed E-state index contributed by atoms with van der Waals surface area (Å²) >= 11 is 0. The van der Waals surface area contributed by atoms with Crippen LogP contribution in [0.3, 0.4) is 0 Å². The SMILES string of the molecule is COC(=O)N(/N=C/c1cc(F)cc(F)c1)S(=O)(=O)c1ncn(S(=O)(=O)N(C)C)n1. The topological polar surface area (TPSA) is 144 Å². The Morgan fingerprint density at radius 1 is 1.17 bits per heavy atom. The molecule has 0 aliphatic rings. The van der Waals surface area contributed by atoms with Crippen molar-refractivity contribution in [3.05, 3.63) is 41.7 Å². The standard InChI is InChI=1S/C13H14F2N6O6S2/c1-19(2)29(25,26)20-8-16-12(18-20)28(23,24)21(13(22)27-3)17-7-9-4-10(14)6-11(15)5-9/h4-8H,1-3H3/b17-7+. The molecule has 0 aliphatic carbocycles. The lowest BCUT2D eigenvalue weighted by molar-refractivity contribution is 0.150. The molecule has 0 aliphatic heterocycles. The predicted octanol–water partition coefficient (Wildman–Crippen LogP) is 0.00200. The Balaban J connectivity index is 2.48. The van der Waals surface area contributed by atoms with Gasteiger partial charge in [0.15, 0.2) is 0 Å². The van der Waals surface area contributed by atoms with Crippen LogP contribution in [0.4, 0.5) is 13.6 Å². The number of methoxy groups -OCH3 is 1. The summed E-state index contributed by atoms with van der Waals surface area (Å²) < 4.78 is 80.8. The van der Waals surface area contributed by atoms with Crippen LogP contribution >= 0.6 is 0 Å². The number of carbonyl (C=O) groups excluding carboxylic acids is 1. The van der Waals surface area contributed by atoms with E-state index in [-0.39, 0.29) is 14.1 Å². The van der Waals surface area contributed by atoms with Crippen LogP contribution in [-0.4, -0.2) is 73.2 Å². The minimum atomic E-state index is -4.92. The summed E-state index contributed by atoms with van der Waals surface area (Å²) in [6.45, 7) is 0. The average Bonchev–Trinajstić information content (AvgIpc) is 3.12. The molecule has 0 saturated heterocycles. The lowest BCUT2D eigenvalue weighted by Gasteiger charge is -2.13. The van der Waals surface area contributed by atoms with Gasteiger partial charge in [-0.25, -0.2) is 18.6 Å². The Labute approximate surface area is 164 Å². The summed E-state index contributed by atoms with van der Waals surface area (Å²) in [4.78, 5) is 15.2. The maximum absolute atomic E-state index is 13.2.